The van der Waals surface area contributed by atoms with Crippen LogP contribution < -0.4 is 10.2 Å². The number of halogens is 3. The fourth-order valence-corrected chi connectivity index (χ4v) is 3.35. The van der Waals surface area contributed by atoms with Crippen molar-refractivity contribution in [1.82, 2.24) is 5.43 Å². The summed E-state index contributed by atoms with van der Waals surface area (Å²) in [7, 11) is 0. The SMILES string of the molecule is CC(C)(C)OC(=O)N/N=C\c1cc(Br)cc(Br)c1OC(=O)c1cccc(F)c1. The molecule has 6 nitrogen and oxygen atoms in total. The summed E-state index contributed by atoms with van der Waals surface area (Å²) in [6.07, 6.45) is 0.573. The molecule has 0 aliphatic carbocycles. The molecule has 0 spiro atoms. The van der Waals surface area contributed by atoms with E-state index < -0.39 is 23.5 Å². The van der Waals surface area contributed by atoms with E-state index in [1.165, 1.54) is 24.4 Å². The van der Waals surface area contributed by atoms with Crippen LogP contribution in [0.1, 0.15) is 36.7 Å². The molecule has 0 bridgehead atoms. The minimum Gasteiger partial charge on any atom is -0.443 e. The molecule has 28 heavy (non-hydrogen) atoms. The predicted molar refractivity (Wildman–Crippen MR) is 110 cm³/mol. The van der Waals surface area contributed by atoms with E-state index in [1.807, 2.05) is 0 Å². The lowest BCUT2D eigenvalue weighted by atomic mass is 10.2. The van der Waals surface area contributed by atoms with Crippen molar-refractivity contribution >= 4 is 50.1 Å². The van der Waals surface area contributed by atoms with Crippen LogP contribution in [-0.4, -0.2) is 23.9 Å². The third-order valence-corrected chi connectivity index (χ3v) is 4.10. The molecule has 2 aromatic carbocycles. The van der Waals surface area contributed by atoms with Crippen molar-refractivity contribution in [3.8, 4) is 5.75 Å². The van der Waals surface area contributed by atoms with Gasteiger partial charge in [-0.15, -0.1) is 0 Å². The summed E-state index contributed by atoms with van der Waals surface area (Å²) in [5, 5.41) is 3.82. The smallest absolute Gasteiger partial charge is 0.428 e. The van der Waals surface area contributed by atoms with Gasteiger partial charge in [0, 0.05) is 10.0 Å². The Kier molecular flexibility index (Phi) is 7.31. The molecule has 0 heterocycles. The summed E-state index contributed by atoms with van der Waals surface area (Å²) in [6.45, 7) is 5.18. The van der Waals surface area contributed by atoms with Gasteiger partial charge >= 0.3 is 12.1 Å². The van der Waals surface area contributed by atoms with Crippen molar-refractivity contribution in [1.29, 1.82) is 0 Å². The van der Waals surface area contributed by atoms with Gasteiger partial charge in [-0.05, 0) is 67.0 Å². The lowest BCUT2D eigenvalue weighted by molar-refractivity contribution is 0.0529. The fraction of sp³-hybridized carbons (Fsp3) is 0.211. The molecule has 148 valence electrons. The monoisotopic (exact) mass is 514 g/mol. The van der Waals surface area contributed by atoms with Crippen LogP contribution >= 0.6 is 31.9 Å². The van der Waals surface area contributed by atoms with E-state index in [2.05, 4.69) is 42.4 Å². The number of nitrogens with zero attached hydrogens (tertiary/aromatic N) is 1. The van der Waals surface area contributed by atoms with E-state index in [4.69, 9.17) is 9.47 Å². The zero-order valence-corrected chi connectivity index (χ0v) is 18.4. The Morgan fingerprint density at radius 3 is 2.54 bits per heavy atom. The van der Waals surface area contributed by atoms with Crippen molar-refractivity contribution < 1.29 is 23.5 Å². The summed E-state index contributed by atoms with van der Waals surface area (Å²) in [6, 6.07) is 8.47. The molecule has 0 fully saturated rings. The van der Waals surface area contributed by atoms with E-state index in [9.17, 15) is 14.0 Å². The normalized spacial score (nSPS) is 11.4. The van der Waals surface area contributed by atoms with E-state index >= 15 is 0 Å². The predicted octanol–water partition coefficient (Wildman–Crippen LogP) is 5.43. The highest BCUT2D eigenvalue weighted by atomic mass is 79.9. The number of hydrogen-bond acceptors (Lipinski definition) is 5. The van der Waals surface area contributed by atoms with Crippen molar-refractivity contribution in [2.75, 3.05) is 0 Å². The number of hydrogen-bond donors (Lipinski definition) is 1. The second kappa shape index (κ2) is 9.29. The molecule has 1 N–H and O–H groups in total. The second-order valence-corrected chi connectivity index (χ2v) is 8.35. The molecule has 2 rings (SSSR count). The van der Waals surface area contributed by atoms with Crippen LogP contribution in [0.25, 0.3) is 0 Å². The number of nitrogens with one attached hydrogen (secondary N) is 1. The lowest BCUT2D eigenvalue weighted by Crippen LogP contribution is -2.29. The van der Waals surface area contributed by atoms with Crippen LogP contribution in [0.15, 0.2) is 50.4 Å². The molecule has 9 heteroatoms. The number of rotatable bonds is 4. The van der Waals surface area contributed by atoms with E-state index in [0.717, 1.165) is 6.07 Å². The molecule has 0 aliphatic rings. The zero-order chi connectivity index (χ0) is 20.9. The first-order valence-corrected chi connectivity index (χ1v) is 9.62. The van der Waals surface area contributed by atoms with Crippen molar-refractivity contribution in [2.24, 2.45) is 5.10 Å². The summed E-state index contributed by atoms with van der Waals surface area (Å²) in [5.41, 5.74) is 2.02. The first-order valence-electron chi connectivity index (χ1n) is 8.04. The molecule has 0 saturated carbocycles. The first-order chi connectivity index (χ1) is 13.0. The maximum Gasteiger partial charge on any atom is 0.428 e. The number of carbonyl (C=O) groups is 2. The number of amides is 1. The highest BCUT2D eigenvalue weighted by Gasteiger charge is 2.17. The highest BCUT2D eigenvalue weighted by Crippen LogP contribution is 2.32. The third-order valence-electron chi connectivity index (χ3n) is 3.05. The Morgan fingerprint density at radius 1 is 1.18 bits per heavy atom. The van der Waals surface area contributed by atoms with Crippen LogP contribution in [0.5, 0.6) is 5.75 Å². The fourth-order valence-electron chi connectivity index (χ4n) is 2.01. The first kappa shape index (κ1) is 22.0. The van der Waals surface area contributed by atoms with Gasteiger partial charge in [-0.2, -0.15) is 5.10 Å². The molecule has 0 aromatic heterocycles. The van der Waals surface area contributed by atoms with Crippen LogP contribution in [0.3, 0.4) is 0 Å². The van der Waals surface area contributed by atoms with Gasteiger partial charge in [0.05, 0.1) is 16.3 Å². The van der Waals surface area contributed by atoms with E-state index in [0.29, 0.717) is 14.5 Å². The Labute approximate surface area is 178 Å². The minimum absolute atomic E-state index is 0.0598. The Bertz CT molecular complexity index is 927. The van der Waals surface area contributed by atoms with Gasteiger partial charge in [-0.3, -0.25) is 0 Å². The summed E-state index contributed by atoms with van der Waals surface area (Å²) in [5.74, 6) is -1.13. The van der Waals surface area contributed by atoms with Crippen molar-refractivity contribution in [3.05, 3.63) is 62.3 Å². The van der Waals surface area contributed by atoms with Crippen molar-refractivity contribution in [2.45, 2.75) is 26.4 Å². The lowest BCUT2D eigenvalue weighted by Gasteiger charge is -2.18. The number of carbonyl (C=O) groups excluding carboxylic acids is 2. The summed E-state index contributed by atoms with van der Waals surface area (Å²) >= 11 is 6.65. The van der Waals surface area contributed by atoms with Gasteiger partial charge in [-0.1, -0.05) is 22.0 Å². The zero-order valence-electron chi connectivity index (χ0n) is 15.3. The Hall–Kier alpha value is -2.26. The molecule has 0 radical (unpaired) electrons. The van der Waals surface area contributed by atoms with Gasteiger partial charge in [0.2, 0.25) is 0 Å². The number of hydrazone groups is 1. The molecule has 1 amide bonds. The van der Waals surface area contributed by atoms with Gasteiger partial charge in [-0.25, -0.2) is 19.4 Å². The topological polar surface area (TPSA) is 77.0 Å². The maximum atomic E-state index is 13.3. The van der Waals surface area contributed by atoms with Gasteiger partial charge in [0.1, 0.15) is 11.4 Å². The molecule has 0 saturated heterocycles. The largest absolute Gasteiger partial charge is 0.443 e. The number of esters is 1. The number of ether oxygens (including phenoxy) is 2. The molecular weight excluding hydrogens is 499 g/mol. The van der Waals surface area contributed by atoms with Gasteiger partial charge in [0.15, 0.2) is 5.75 Å². The van der Waals surface area contributed by atoms with Gasteiger partial charge in [0.25, 0.3) is 0 Å². The average Bonchev–Trinajstić information content (AvgIpc) is 2.56. The number of benzene rings is 2. The molecule has 0 unspecified atom stereocenters. The van der Waals surface area contributed by atoms with E-state index in [-0.39, 0.29) is 11.3 Å². The summed E-state index contributed by atoms with van der Waals surface area (Å²) in [4.78, 5) is 24.0. The average molecular weight is 516 g/mol. The molecule has 2 aromatic rings. The third kappa shape index (κ3) is 6.72. The minimum atomic E-state index is -0.739. The van der Waals surface area contributed by atoms with Crippen LogP contribution in [0.2, 0.25) is 0 Å². The van der Waals surface area contributed by atoms with Crippen LogP contribution in [0, 0.1) is 5.82 Å². The van der Waals surface area contributed by atoms with Gasteiger partial charge < -0.3 is 9.47 Å². The standard InChI is InChI=1S/C19H17Br2FN2O4/c1-19(2,3)28-18(26)24-23-10-12-7-13(20)9-15(21)16(12)27-17(25)11-5-4-6-14(22)8-11/h4-10H,1-3H3,(H,24,26)/b23-10-. The Balaban J connectivity index is 2.22. The molecule has 0 atom stereocenters. The Morgan fingerprint density at radius 2 is 1.89 bits per heavy atom. The van der Waals surface area contributed by atoms with Crippen molar-refractivity contribution in [3.63, 3.8) is 0 Å². The highest BCUT2D eigenvalue weighted by molar-refractivity contribution is 9.11. The van der Waals surface area contributed by atoms with Crippen LogP contribution in [-0.2, 0) is 4.74 Å². The molecular formula is C19H17Br2FN2O4. The van der Waals surface area contributed by atoms with Crippen LogP contribution in [0.4, 0.5) is 9.18 Å². The maximum absolute atomic E-state index is 13.3. The second-order valence-electron chi connectivity index (χ2n) is 6.58. The quantitative estimate of drug-likeness (QED) is 0.255. The summed E-state index contributed by atoms with van der Waals surface area (Å²) < 4.78 is 25.0. The van der Waals surface area contributed by atoms with E-state index in [1.54, 1.807) is 32.9 Å². The molecule has 0 aliphatic heterocycles.